The van der Waals surface area contributed by atoms with Crippen molar-refractivity contribution in [2.75, 3.05) is 6.61 Å². The first-order chi connectivity index (χ1) is 8.17. The van der Waals surface area contributed by atoms with Crippen LogP contribution in [0.15, 0.2) is 12.7 Å². The first kappa shape index (κ1) is 14.9. The van der Waals surface area contributed by atoms with Crippen LogP contribution in [-0.4, -0.2) is 31.0 Å². The van der Waals surface area contributed by atoms with Crippen molar-refractivity contribution in [2.24, 2.45) is 5.92 Å². The van der Waals surface area contributed by atoms with Gasteiger partial charge in [-0.2, -0.15) is 22.0 Å². The van der Waals surface area contributed by atoms with Gasteiger partial charge in [-0.1, -0.05) is 6.58 Å². The van der Waals surface area contributed by atoms with Crippen LogP contribution in [0.3, 0.4) is 0 Å². The zero-order valence-electron chi connectivity index (χ0n) is 9.18. The number of hydrogen-bond acceptors (Lipinski definition) is 3. The summed E-state index contributed by atoms with van der Waals surface area (Å²) in [6, 6.07) is 0. The van der Waals surface area contributed by atoms with Gasteiger partial charge in [-0.3, -0.25) is 0 Å². The second-order valence-electron chi connectivity index (χ2n) is 3.84. The van der Waals surface area contributed by atoms with Crippen LogP contribution in [-0.2, 0) is 14.3 Å². The highest BCUT2D eigenvalue weighted by Gasteiger charge is 2.61. The molecule has 0 N–H and O–H groups in total. The summed E-state index contributed by atoms with van der Waals surface area (Å²) >= 11 is 0. The fraction of sp³-hybridized carbons (Fsp3) is 0.700. The van der Waals surface area contributed by atoms with E-state index < -0.39 is 30.3 Å². The SMILES string of the molecule is C=CC(=O)OCC1CCC1OC(F)(F)C(F)(F)F. The van der Waals surface area contributed by atoms with Crippen LogP contribution in [0.5, 0.6) is 0 Å². The zero-order valence-corrected chi connectivity index (χ0v) is 9.18. The molecule has 18 heavy (non-hydrogen) atoms. The van der Waals surface area contributed by atoms with Crippen LogP contribution in [0.25, 0.3) is 0 Å². The molecule has 0 aromatic carbocycles. The van der Waals surface area contributed by atoms with Gasteiger partial charge in [0.2, 0.25) is 0 Å². The molecule has 0 bridgehead atoms. The Morgan fingerprint density at radius 1 is 1.28 bits per heavy atom. The van der Waals surface area contributed by atoms with E-state index in [0.717, 1.165) is 6.08 Å². The topological polar surface area (TPSA) is 35.5 Å². The molecule has 0 saturated heterocycles. The third-order valence-corrected chi connectivity index (χ3v) is 2.58. The molecule has 0 aromatic rings. The van der Waals surface area contributed by atoms with Gasteiger partial charge in [-0.15, -0.1) is 0 Å². The van der Waals surface area contributed by atoms with Crippen molar-refractivity contribution in [2.45, 2.75) is 31.2 Å². The fourth-order valence-corrected chi connectivity index (χ4v) is 1.39. The van der Waals surface area contributed by atoms with Crippen LogP contribution in [0.1, 0.15) is 12.8 Å². The van der Waals surface area contributed by atoms with Gasteiger partial charge in [-0.05, 0) is 12.8 Å². The molecule has 1 fully saturated rings. The van der Waals surface area contributed by atoms with E-state index in [0.29, 0.717) is 6.42 Å². The van der Waals surface area contributed by atoms with Gasteiger partial charge in [0, 0.05) is 12.0 Å². The maximum atomic E-state index is 12.6. The van der Waals surface area contributed by atoms with Crippen LogP contribution in [0, 0.1) is 5.92 Å². The predicted molar refractivity (Wildman–Crippen MR) is 49.8 cm³/mol. The molecule has 0 aliphatic heterocycles. The lowest BCUT2D eigenvalue weighted by molar-refractivity contribution is -0.411. The summed E-state index contributed by atoms with van der Waals surface area (Å²) in [7, 11) is 0. The Kier molecular flexibility index (Phi) is 4.31. The number of carbonyl (C=O) groups is 1. The van der Waals surface area contributed by atoms with Crippen molar-refractivity contribution in [1.82, 2.24) is 0 Å². The number of hydrogen-bond donors (Lipinski definition) is 0. The number of carbonyl (C=O) groups excluding carboxylic acids is 1. The molecule has 1 saturated carbocycles. The van der Waals surface area contributed by atoms with E-state index in [-0.39, 0.29) is 13.0 Å². The minimum atomic E-state index is -5.75. The van der Waals surface area contributed by atoms with Crippen molar-refractivity contribution in [3.8, 4) is 0 Å². The van der Waals surface area contributed by atoms with Gasteiger partial charge >= 0.3 is 18.3 Å². The summed E-state index contributed by atoms with van der Waals surface area (Å²) < 4.78 is 69.1. The number of alkyl halides is 5. The molecule has 0 heterocycles. The van der Waals surface area contributed by atoms with Crippen molar-refractivity contribution in [1.29, 1.82) is 0 Å². The number of esters is 1. The number of ether oxygens (including phenoxy) is 2. The average Bonchev–Trinajstić information content (AvgIpc) is 2.23. The summed E-state index contributed by atoms with van der Waals surface area (Å²) in [5, 5.41) is 0. The van der Waals surface area contributed by atoms with E-state index in [1.807, 2.05) is 0 Å². The average molecular weight is 274 g/mol. The lowest BCUT2D eigenvalue weighted by Gasteiger charge is -2.38. The Bertz CT molecular complexity index is 326. The maximum absolute atomic E-state index is 12.6. The van der Waals surface area contributed by atoms with Crippen molar-refractivity contribution in [3.05, 3.63) is 12.7 Å². The molecule has 0 amide bonds. The molecule has 0 spiro atoms. The quantitative estimate of drug-likeness (QED) is 0.439. The molecule has 0 aromatic heterocycles. The van der Waals surface area contributed by atoms with Crippen molar-refractivity contribution >= 4 is 5.97 Å². The third kappa shape index (κ3) is 3.41. The van der Waals surface area contributed by atoms with Gasteiger partial charge < -0.3 is 9.47 Å². The highest BCUT2D eigenvalue weighted by molar-refractivity contribution is 5.81. The highest BCUT2D eigenvalue weighted by Crippen LogP contribution is 2.42. The number of rotatable bonds is 5. The summed E-state index contributed by atoms with van der Waals surface area (Å²) in [6.07, 6.45) is -10.9. The summed E-state index contributed by atoms with van der Waals surface area (Å²) in [5.74, 6) is -1.41. The van der Waals surface area contributed by atoms with Crippen molar-refractivity contribution in [3.63, 3.8) is 0 Å². The van der Waals surface area contributed by atoms with Crippen LogP contribution in [0.2, 0.25) is 0 Å². The Hall–Kier alpha value is -1.18. The Balaban J connectivity index is 2.44. The Morgan fingerprint density at radius 2 is 1.89 bits per heavy atom. The van der Waals surface area contributed by atoms with E-state index in [1.54, 1.807) is 0 Å². The first-order valence-electron chi connectivity index (χ1n) is 5.09. The molecule has 1 rings (SSSR count). The lowest BCUT2D eigenvalue weighted by atomic mass is 9.82. The molecule has 3 nitrogen and oxygen atoms in total. The van der Waals surface area contributed by atoms with E-state index >= 15 is 0 Å². The van der Waals surface area contributed by atoms with Gasteiger partial charge in [0.15, 0.2) is 0 Å². The van der Waals surface area contributed by atoms with E-state index in [4.69, 9.17) is 0 Å². The highest BCUT2D eigenvalue weighted by atomic mass is 19.4. The van der Waals surface area contributed by atoms with Crippen LogP contribution < -0.4 is 0 Å². The summed E-state index contributed by atoms with van der Waals surface area (Å²) in [4.78, 5) is 10.7. The minimum Gasteiger partial charge on any atom is -0.462 e. The van der Waals surface area contributed by atoms with Crippen LogP contribution >= 0.6 is 0 Å². The third-order valence-electron chi connectivity index (χ3n) is 2.58. The molecule has 1 aliphatic carbocycles. The largest absolute Gasteiger partial charge is 0.482 e. The second-order valence-corrected chi connectivity index (χ2v) is 3.84. The molecule has 0 radical (unpaired) electrons. The smallest absolute Gasteiger partial charge is 0.462 e. The summed E-state index contributed by atoms with van der Waals surface area (Å²) in [6.45, 7) is 2.86. The molecular weight excluding hydrogens is 263 g/mol. The van der Waals surface area contributed by atoms with Gasteiger partial charge in [-0.25, -0.2) is 4.79 Å². The van der Waals surface area contributed by atoms with E-state index in [9.17, 15) is 26.7 Å². The molecule has 104 valence electrons. The molecule has 1 aliphatic rings. The van der Waals surface area contributed by atoms with Gasteiger partial charge in [0.25, 0.3) is 0 Å². The monoisotopic (exact) mass is 274 g/mol. The Morgan fingerprint density at radius 3 is 2.28 bits per heavy atom. The minimum absolute atomic E-state index is 0.0714. The maximum Gasteiger partial charge on any atom is 0.482 e. The second kappa shape index (κ2) is 5.21. The van der Waals surface area contributed by atoms with E-state index in [2.05, 4.69) is 16.1 Å². The van der Waals surface area contributed by atoms with Crippen LogP contribution in [0.4, 0.5) is 22.0 Å². The molecule has 2 atom stereocenters. The zero-order chi connectivity index (χ0) is 14.0. The van der Waals surface area contributed by atoms with Crippen molar-refractivity contribution < 1.29 is 36.2 Å². The normalized spacial score (nSPS) is 24.3. The summed E-state index contributed by atoms with van der Waals surface area (Å²) in [5.41, 5.74) is 0. The predicted octanol–water partition coefficient (Wildman–Crippen LogP) is 2.67. The standard InChI is InChI=1S/C10H11F5O3/c1-2-8(16)17-5-6-3-4-7(6)18-10(14,15)9(11,12)13/h2,6-7H,1,3-5H2. The lowest BCUT2D eigenvalue weighted by Crippen LogP contribution is -2.48. The first-order valence-corrected chi connectivity index (χ1v) is 5.09. The molecule has 2 unspecified atom stereocenters. The number of halogens is 5. The molecule has 8 heteroatoms. The van der Waals surface area contributed by atoms with E-state index in [1.165, 1.54) is 0 Å². The fourth-order valence-electron chi connectivity index (χ4n) is 1.39. The van der Waals surface area contributed by atoms with Gasteiger partial charge in [0.1, 0.15) is 0 Å². The molecular formula is C10H11F5O3. The van der Waals surface area contributed by atoms with Gasteiger partial charge in [0.05, 0.1) is 12.7 Å². The Labute approximate surface area is 99.5 Å².